The molecule has 5 heteroatoms. The van der Waals surface area contributed by atoms with Gasteiger partial charge in [0.2, 0.25) is 0 Å². The molecule has 1 saturated carbocycles. The van der Waals surface area contributed by atoms with Crippen molar-refractivity contribution < 1.29 is 0 Å². The SMILES string of the molecule is CN=C(NCCn1cccc1)NCC1CC1c1ccccc1.I. The smallest absolute Gasteiger partial charge is 0.191 e. The zero-order chi connectivity index (χ0) is 15.2. The minimum absolute atomic E-state index is 0. The number of rotatable bonds is 6. The molecule has 23 heavy (non-hydrogen) atoms. The van der Waals surface area contributed by atoms with Crippen LogP contribution >= 0.6 is 24.0 Å². The highest BCUT2D eigenvalue weighted by Gasteiger charge is 2.37. The van der Waals surface area contributed by atoms with Crippen LogP contribution in [-0.4, -0.2) is 30.7 Å². The van der Waals surface area contributed by atoms with Gasteiger partial charge in [0.1, 0.15) is 0 Å². The summed E-state index contributed by atoms with van der Waals surface area (Å²) in [6, 6.07) is 14.9. The Morgan fingerprint density at radius 3 is 2.57 bits per heavy atom. The number of hydrogen-bond acceptors (Lipinski definition) is 1. The molecule has 2 N–H and O–H groups in total. The minimum atomic E-state index is 0. The lowest BCUT2D eigenvalue weighted by Crippen LogP contribution is -2.39. The molecule has 1 aliphatic rings. The van der Waals surface area contributed by atoms with Crippen LogP contribution in [-0.2, 0) is 6.54 Å². The molecule has 1 aromatic heterocycles. The second-order valence-electron chi connectivity index (χ2n) is 5.81. The number of nitrogens with one attached hydrogen (secondary N) is 2. The Kier molecular flexibility index (Phi) is 6.95. The molecular formula is C18H25IN4. The van der Waals surface area contributed by atoms with Crippen molar-refractivity contribution in [2.24, 2.45) is 10.9 Å². The molecule has 1 fully saturated rings. The zero-order valence-electron chi connectivity index (χ0n) is 13.5. The van der Waals surface area contributed by atoms with Crippen LogP contribution in [0.2, 0.25) is 0 Å². The number of guanidine groups is 1. The molecule has 0 bridgehead atoms. The van der Waals surface area contributed by atoms with Crippen LogP contribution in [0.3, 0.4) is 0 Å². The highest BCUT2D eigenvalue weighted by molar-refractivity contribution is 14.0. The predicted octanol–water partition coefficient (Wildman–Crippen LogP) is 3.07. The molecule has 1 aliphatic carbocycles. The van der Waals surface area contributed by atoms with Gasteiger partial charge in [0.25, 0.3) is 0 Å². The van der Waals surface area contributed by atoms with Gasteiger partial charge < -0.3 is 15.2 Å². The molecule has 4 nitrogen and oxygen atoms in total. The number of hydrogen-bond donors (Lipinski definition) is 2. The first-order chi connectivity index (χ1) is 10.9. The predicted molar refractivity (Wildman–Crippen MR) is 107 cm³/mol. The first-order valence-electron chi connectivity index (χ1n) is 7.97. The van der Waals surface area contributed by atoms with E-state index in [2.05, 4.69) is 62.9 Å². The van der Waals surface area contributed by atoms with Gasteiger partial charge in [0.05, 0.1) is 0 Å². The molecule has 2 atom stereocenters. The third kappa shape index (κ3) is 5.27. The molecule has 3 rings (SSSR count). The summed E-state index contributed by atoms with van der Waals surface area (Å²) in [5, 5.41) is 6.80. The number of nitrogens with zero attached hydrogens (tertiary/aromatic N) is 2. The van der Waals surface area contributed by atoms with Crippen molar-refractivity contribution >= 4 is 29.9 Å². The normalized spacial score (nSPS) is 19.8. The van der Waals surface area contributed by atoms with Crippen molar-refractivity contribution in [3.63, 3.8) is 0 Å². The molecule has 0 saturated heterocycles. The lowest BCUT2D eigenvalue weighted by molar-refractivity contribution is 0.656. The Balaban J connectivity index is 0.00000192. The molecule has 0 amide bonds. The van der Waals surface area contributed by atoms with Crippen LogP contribution in [0.5, 0.6) is 0 Å². The Morgan fingerprint density at radius 2 is 1.87 bits per heavy atom. The summed E-state index contributed by atoms with van der Waals surface area (Å²) in [7, 11) is 1.83. The Labute approximate surface area is 155 Å². The third-order valence-electron chi connectivity index (χ3n) is 4.23. The fraction of sp³-hybridized carbons (Fsp3) is 0.389. The zero-order valence-corrected chi connectivity index (χ0v) is 15.8. The van der Waals surface area contributed by atoms with Gasteiger partial charge in [-0.3, -0.25) is 4.99 Å². The van der Waals surface area contributed by atoms with Crippen LogP contribution in [0, 0.1) is 5.92 Å². The molecule has 2 unspecified atom stereocenters. The van der Waals surface area contributed by atoms with Crippen LogP contribution in [0.15, 0.2) is 59.9 Å². The van der Waals surface area contributed by atoms with Gasteiger partial charge >= 0.3 is 0 Å². The second-order valence-corrected chi connectivity index (χ2v) is 5.81. The fourth-order valence-corrected chi connectivity index (χ4v) is 2.85. The van der Waals surface area contributed by atoms with Crippen LogP contribution in [0.4, 0.5) is 0 Å². The molecule has 0 aliphatic heterocycles. The molecule has 124 valence electrons. The maximum atomic E-state index is 4.29. The van der Waals surface area contributed by atoms with E-state index in [9.17, 15) is 0 Å². The number of aromatic nitrogens is 1. The maximum Gasteiger partial charge on any atom is 0.191 e. The van der Waals surface area contributed by atoms with Crippen molar-refractivity contribution in [1.82, 2.24) is 15.2 Å². The van der Waals surface area contributed by atoms with Crippen molar-refractivity contribution in [2.75, 3.05) is 20.1 Å². The average molecular weight is 424 g/mol. The summed E-state index contributed by atoms with van der Waals surface area (Å²) < 4.78 is 2.16. The fourth-order valence-electron chi connectivity index (χ4n) is 2.85. The molecule has 0 spiro atoms. The summed E-state index contributed by atoms with van der Waals surface area (Å²) in [5.74, 6) is 2.34. The number of aliphatic imine (C=N–C) groups is 1. The van der Waals surface area contributed by atoms with E-state index in [0.29, 0.717) is 5.92 Å². The lowest BCUT2D eigenvalue weighted by atomic mass is 10.1. The second kappa shape index (κ2) is 8.96. The van der Waals surface area contributed by atoms with E-state index < -0.39 is 0 Å². The quantitative estimate of drug-likeness (QED) is 0.425. The maximum absolute atomic E-state index is 4.29. The van der Waals surface area contributed by atoms with Crippen molar-refractivity contribution in [3.05, 3.63) is 60.4 Å². The first kappa shape index (κ1) is 17.8. The Hall–Kier alpha value is -1.50. The van der Waals surface area contributed by atoms with Crippen molar-refractivity contribution in [2.45, 2.75) is 18.9 Å². The van der Waals surface area contributed by atoms with E-state index in [0.717, 1.165) is 31.5 Å². The van der Waals surface area contributed by atoms with E-state index in [4.69, 9.17) is 0 Å². The van der Waals surface area contributed by atoms with Crippen LogP contribution < -0.4 is 10.6 Å². The van der Waals surface area contributed by atoms with Crippen molar-refractivity contribution in [1.29, 1.82) is 0 Å². The van der Waals surface area contributed by atoms with Gasteiger partial charge in [-0.05, 0) is 36.0 Å². The van der Waals surface area contributed by atoms with E-state index >= 15 is 0 Å². The molecule has 0 radical (unpaired) electrons. The van der Waals surface area contributed by atoms with Crippen LogP contribution in [0.25, 0.3) is 0 Å². The molecule has 1 aromatic carbocycles. The van der Waals surface area contributed by atoms with E-state index in [-0.39, 0.29) is 24.0 Å². The van der Waals surface area contributed by atoms with Gasteiger partial charge in [-0.2, -0.15) is 0 Å². The highest BCUT2D eigenvalue weighted by atomic mass is 127. The topological polar surface area (TPSA) is 41.4 Å². The van der Waals surface area contributed by atoms with E-state index in [1.165, 1.54) is 12.0 Å². The van der Waals surface area contributed by atoms with Gasteiger partial charge in [0, 0.05) is 39.1 Å². The standard InChI is InChI=1S/C18H24N4.HI/c1-19-18(20-9-12-22-10-5-6-11-22)21-14-16-13-17(16)15-7-3-2-4-8-15;/h2-8,10-11,16-17H,9,12-14H2,1H3,(H2,19,20,21);1H. The van der Waals surface area contributed by atoms with Gasteiger partial charge in [0.15, 0.2) is 5.96 Å². The van der Waals surface area contributed by atoms with E-state index in [1.807, 2.05) is 19.2 Å². The van der Waals surface area contributed by atoms with Gasteiger partial charge in [-0.1, -0.05) is 30.3 Å². The van der Waals surface area contributed by atoms with E-state index in [1.54, 1.807) is 0 Å². The average Bonchev–Trinajstić information content (AvgIpc) is 3.16. The summed E-state index contributed by atoms with van der Waals surface area (Å²) in [5.41, 5.74) is 1.46. The van der Waals surface area contributed by atoms with Crippen molar-refractivity contribution in [3.8, 4) is 0 Å². The summed E-state index contributed by atoms with van der Waals surface area (Å²) >= 11 is 0. The van der Waals surface area contributed by atoms with Gasteiger partial charge in [-0.15, -0.1) is 24.0 Å². The summed E-state index contributed by atoms with van der Waals surface area (Å²) in [4.78, 5) is 4.29. The minimum Gasteiger partial charge on any atom is -0.356 e. The number of halogens is 1. The van der Waals surface area contributed by atoms with Gasteiger partial charge in [-0.25, -0.2) is 0 Å². The number of benzene rings is 1. The first-order valence-corrected chi connectivity index (χ1v) is 7.97. The van der Waals surface area contributed by atoms with Crippen LogP contribution in [0.1, 0.15) is 17.9 Å². The molecule has 2 aromatic rings. The monoisotopic (exact) mass is 424 g/mol. The largest absolute Gasteiger partial charge is 0.356 e. The third-order valence-corrected chi connectivity index (χ3v) is 4.23. The highest BCUT2D eigenvalue weighted by Crippen LogP contribution is 2.46. The lowest BCUT2D eigenvalue weighted by Gasteiger charge is -2.12. The Morgan fingerprint density at radius 1 is 1.13 bits per heavy atom. The summed E-state index contributed by atoms with van der Waals surface area (Å²) in [6.45, 7) is 2.81. The molecular weight excluding hydrogens is 399 g/mol. The molecule has 1 heterocycles. The Bertz CT molecular complexity index is 595. The summed E-state index contributed by atoms with van der Waals surface area (Å²) in [6.07, 6.45) is 5.43.